The molecule has 1 aromatic carbocycles. The zero-order chi connectivity index (χ0) is 13.0. The second kappa shape index (κ2) is 5.72. The van der Waals surface area contributed by atoms with Crippen molar-refractivity contribution in [3.63, 3.8) is 0 Å². The summed E-state index contributed by atoms with van der Waals surface area (Å²) in [6.07, 6.45) is 0.895. The van der Waals surface area contributed by atoms with Crippen molar-refractivity contribution >= 4 is 5.69 Å². The molecule has 92 valence electrons. The summed E-state index contributed by atoms with van der Waals surface area (Å²) in [5.74, 6) is 0.0922. The van der Waals surface area contributed by atoms with Crippen LogP contribution in [-0.2, 0) is 0 Å². The summed E-state index contributed by atoms with van der Waals surface area (Å²) in [5, 5.41) is 12.4. The van der Waals surface area contributed by atoms with Crippen molar-refractivity contribution in [2.75, 3.05) is 11.9 Å². The summed E-state index contributed by atoms with van der Waals surface area (Å²) < 4.78 is 0. The molecule has 0 saturated carbocycles. The average molecular weight is 230 g/mol. The molecule has 1 atom stereocenters. The zero-order valence-electron chi connectivity index (χ0n) is 11.5. The van der Waals surface area contributed by atoms with Gasteiger partial charge in [0.2, 0.25) is 0 Å². The minimum absolute atomic E-state index is 0.0922. The van der Waals surface area contributed by atoms with Crippen molar-refractivity contribution in [3.05, 3.63) is 28.3 Å². The summed E-state index contributed by atoms with van der Waals surface area (Å²) >= 11 is 0. The monoisotopic (exact) mass is 230 g/mol. The van der Waals surface area contributed by atoms with E-state index >= 15 is 0 Å². The normalized spacial score (nSPS) is 12.0. The van der Waals surface area contributed by atoms with Crippen molar-refractivity contribution in [1.82, 2.24) is 0 Å². The highest BCUT2D eigenvalue weighted by Gasteiger charge is 2.10. The highest BCUT2D eigenvalue weighted by molar-refractivity contribution is 5.62. The Bertz CT molecular complexity index is 415. The molecule has 1 aromatic rings. The van der Waals surface area contributed by atoms with Gasteiger partial charge in [0.15, 0.2) is 0 Å². The third kappa shape index (κ3) is 3.00. The van der Waals surface area contributed by atoms with Crippen LogP contribution in [0.1, 0.15) is 35.6 Å². The van der Waals surface area contributed by atoms with E-state index in [0.29, 0.717) is 0 Å². The highest BCUT2D eigenvalue weighted by Crippen LogP contribution is 2.26. The number of rotatable bonds is 4. The standard InChI is InChI=1S/C15H22N2/c1-6-14(8-16)9-17-15-12(4)10(2)7-11(3)13(15)5/h7,14,17H,6,9H2,1-5H3. The van der Waals surface area contributed by atoms with E-state index in [-0.39, 0.29) is 5.92 Å². The molecule has 0 aliphatic heterocycles. The van der Waals surface area contributed by atoms with Gasteiger partial charge in [0.05, 0.1) is 12.0 Å². The number of anilines is 1. The van der Waals surface area contributed by atoms with Crippen LogP contribution in [0.4, 0.5) is 5.69 Å². The molecular weight excluding hydrogens is 208 g/mol. The molecule has 1 unspecified atom stereocenters. The molecule has 0 fully saturated rings. The predicted octanol–water partition coefficient (Wildman–Crippen LogP) is 3.88. The first kappa shape index (κ1) is 13.6. The Morgan fingerprint density at radius 3 is 2.12 bits per heavy atom. The molecule has 0 spiro atoms. The van der Waals surface area contributed by atoms with Gasteiger partial charge in [-0.05, 0) is 56.4 Å². The van der Waals surface area contributed by atoms with Crippen LogP contribution in [-0.4, -0.2) is 6.54 Å². The largest absolute Gasteiger partial charge is 0.383 e. The third-order valence-electron chi connectivity index (χ3n) is 3.57. The second-order valence-corrected chi connectivity index (χ2v) is 4.75. The maximum absolute atomic E-state index is 8.96. The molecule has 1 rings (SSSR count). The summed E-state index contributed by atoms with van der Waals surface area (Å²) in [5.41, 5.74) is 6.40. The first-order valence-electron chi connectivity index (χ1n) is 6.22. The molecule has 0 saturated heterocycles. The quantitative estimate of drug-likeness (QED) is 0.852. The van der Waals surface area contributed by atoms with Gasteiger partial charge in [0, 0.05) is 12.2 Å². The van der Waals surface area contributed by atoms with Crippen LogP contribution in [0, 0.1) is 44.9 Å². The Kier molecular flexibility index (Phi) is 4.57. The summed E-state index contributed by atoms with van der Waals surface area (Å²) in [4.78, 5) is 0. The van der Waals surface area contributed by atoms with E-state index in [2.05, 4.69) is 52.1 Å². The van der Waals surface area contributed by atoms with Crippen molar-refractivity contribution in [2.24, 2.45) is 5.92 Å². The van der Waals surface area contributed by atoms with Gasteiger partial charge in [-0.1, -0.05) is 13.0 Å². The van der Waals surface area contributed by atoms with E-state index in [1.54, 1.807) is 0 Å². The van der Waals surface area contributed by atoms with Crippen molar-refractivity contribution in [1.29, 1.82) is 5.26 Å². The van der Waals surface area contributed by atoms with Gasteiger partial charge in [-0.25, -0.2) is 0 Å². The molecule has 0 aliphatic rings. The second-order valence-electron chi connectivity index (χ2n) is 4.75. The maximum atomic E-state index is 8.96. The van der Waals surface area contributed by atoms with E-state index in [9.17, 15) is 0 Å². The van der Waals surface area contributed by atoms with Crippen LogP contribution in [0.2, 0.25) is 0 Å². The Morgan fingerprint density at radius 2 is 1.71 bits per heavy atom. The number of hydrogen-bond acceptors (Lipinski definition) is 2. The van der Waals surface area contributed by atoms with Crippen molar-refractivity contribution in [3.8, 4) is 6.07 Å². The predicted molar refractivity (Wildman–Crippen MR) is 73.3 cm³/mol. The van der Waals surface area contributed by atoms with Crippen molar-refractivity contribution < 1.29 is 0 Å². The summed E-state index contributed by atoms with van der Waals surface area (Å²) in [6, 6.07) is 4.55. The van der Waals surface area contributed by atoms with Crippen LogP contribution in [0.25, 0.3) is 0 Å². The van der Waals surface area contributed by atoms with Crippen LogP contribution in [0.3, 0.4) is 0 Å². The zero-order valence-corrected chi connectivity index (χ0v) is 11.5. The van der Waals surface area contributed by atoms with Gasteiger partial charge in [0.1, 0.15) is 0 Å². The molecule has 1 N–H and O–H groups in total. The lowest BCUT2D eigenvalue weighted by Gasteiger charge is -2.18. The van der Waals surface area contributed by atoms with Gasteiger partial charge in [-0.15, -0.1) is 0 Å². The molecule has 0 heterocycles. The van der Waals surface area contributed by atoms with Crippen molar-refractivity contribution in [2.45, 2.75) is 41.0 Å². The fraction of sp³-hybridized carbons (Fsp3) is 0.533. The minimum Gasteiger partial charge on any atom is -0.383 e. The number of nitrogens with one attached hydrogen (secondary N) is 1. The molecule has 0 bridgehead atoms. The maximum Gasteiger partial charge on any atom is 0.0674 e. The fourth-order valence-corrected chi connectivity index (χ4v) is 1.99. The van der Waals surface area contributed by atoms with Crippen LogP contribution >= 0.6 is 0 Å². The SMILES string of the molecule is CCC(C#N)CNc1c(C)c(C)cc(C)c1C. The molecule has 0 aliphatic carbocycles. The van der Waals surface area contributed by atoms with Crippen LogP contribution in [0.15, 0.2) is 6.07 Å². The molecule has 0 radical (unpaired) electrons. The van der Waals surface area contributed by atoms with Crippen LogP contribution < -0.4 is 5.32 Å². The van der Waals surface area contributed by atoms with Gasteiger partial charge < -0.3 is 5.32 Å². The number of nitrogens with zero attached hydrogens (tertiary/aromatic N) is 1. The van der Waals surface area contributed by atoms with E-state index in [1.165, 1.54) is 27.9 Å². The number of aryl methyl sites for hydroxylation is 2. The Labute approximate surface area is 105 Å². The molecule has 0 aromatic heterocycles. The minimum atomic E-state index is 0.0922. The number of benzene rings is 1. The lowest BCUT2D eigenvalue weighted by atomic mass is 9.98. The molecule has 17 heavy (non-hydrogen) atoms. The Morgan fingerprint density at radius 1 is 1.18 bits per heavy atom. The lowest BCUT2D eigenvalue weighted by Crippen LogP contribution is -2.14. The summed E-state index contributed by atoms with van der Waals surface area (Å²) in [6.45, 7) is 11.3. The van der Waals surface area contributed by atoms with Gasteiger partial charge in [-0.2, -0.15) is 5.26 Å². The van der Waals surface area contributed by atoms with E-state index in [4.69, 9.17) is 5.26 Å². The summed E-state index contributed by atoms with van der Waals surface area (Å²) in [7, 11) is 0. The molecule has 0 amide bonds. The Balaban J connectivity index is 2.95. The topological polar surface area (TPSA) is 35.8 Å². The van der Waals surface area contributed by atoms with Gasteiger partial charge in [-0.3, -0.25) is 0 Å². The third-order valence-corrected chi connectivity index (χ3v) is 3.57. The smallest absolute Gasteiger partial charge is 0.0674 e. The number of nitriles is 1. The number of hydrogen-bond donors (Lipinski definition) is 1. The Hall–Kier alpha value is -1.49. The van der Waals surface area contributed by atoms with Gasteiger partial charge >= 0.3 is 0 Å². The first-order valence-corrected chi connectivity index (χ1v) is 6.22. The molecule has 2 heteroatoms. The van der Waals surface area contributed by atoms with Crippen LogP contribution in [0.5, 0.6) is 0 Å². The van der Waals surface area contributed by atoms with Gasteiger partial charge in [0.25, 0.3) is 0 Å². The molecular formula is C15H22N2. The highest BCUT2D eigenvalue weighted by atomic mass is 14.9. The lowest BCUT2D eigenvalue weighted by molar-refractivity contribution is 0.673. The average Bonchev–Trinajstić information content (AvgIpc) is 2.31. The van der Waals surface area contributed by atoms with E-state index < -0.39 is 0 Å². The van der Waals surface area contributed by atoms with E-state index in [1.807, 2.05) is 0 Å². The fourth-order valence-electron chi connectivity index (χ4n) is 1.99. The first-order chi connectivity index (χ1) is 8.01. The molecule has 2 nitrogen and oxygen atoms in total. The van der Waals surface area contributed by atoms with E-state index in [0.717, 1.165) is 13.0 Å².